The Morgan fingerprint density at radius 1 is 1.11 bits per heavy atom. The molecule has 4 aliphatic rings. The van der Waals surface area contributed by atoms with Crippen LogP contribution in [-0.4, -0.2) is 30.0 Å². The highest BCUT2D eigenvalue weighted by Crippen LogP contribution is 2.68. The Balaban J connectivity index is 1.17. The van der Waals surface area contributed by atoms with Crippen LogP contribution in [0.1, 0.15) is 74.5 Å². The summed E-state index contributed by atoms with van der Waals surface area (Å²) in [4.78, 5) is 12.6. The van der Waals surface area contributed by atoms with Gasteiger partial charge in [-0.2, -0.15) is 0 Å². The lowest BCUT2D eigenvalue weighted by Crippen LogP contribution is -2.51. The van der Waals surface area contributed by atoms with Gasteiger partial charge in [-0.25, -0.2) is 0 Å². The van der Waals surface area contributed by atoms with Gasteiger partial charge in [0.05, 0.1) is 13.2 Å². The van der Waals surface area contributed by atoms with Crippen LogP contribution >= 0.6 is 0 Å². The Bertz CT molecular complexity index is 1100. The molecule has 1 aliphatic heterocycles. The highest BCUT2D eigenvalue weighted by molar-refractivity contribution is 5.75. The van der Waals surface area contributed by atoms with E-state index in [0.717, 1.165) is 50.5 Å². The first-order valence-electron chi connectivity index (χ1n) is 13.9. The van der Waals surface area contributed by atoms with E-state index in [1.54, 1.807) is 0 Å². The number of amides is 1. The summed E-state index contributed by atoms with van der Waals surface area (Å²) < 4.78 is 12.9. The molecule has 2 aromatic carbocycles. The first kappa shape index (κ1) is 24.0. The second kappa shape index (κ2) is 9.50. The van der Waals surface area contributed by atoms with Crippen molar-refractivity contribution in [2.45, 2.75) is 76.5 Å². The van der Waals surface area contributed by atoms with Gasteiger partial charge in [0, 0.05) is 24.8 Å². The minimum absolute atomic E-state index is 0.0132. The van der Waals surface area contributed by atoms with Crippen LogP contribution in [0.25, 0.3) is 0 Å². The second-order valence-corrected chi connectivity index (χ2v) is 11.7. The van der Waals surface area contributed by atoms with Crippen molar-refractivity contribution in [3.63, 3.8) is 0 Å². The van der Waals surface area contributed by atoms with Crippen LogP contribution in [0.15, 0.2) is 48.5 Å². The van der Waals surface area contributed by atoms with Gasteiger partial charge in [-0.3, -0.25) is 4.79 Å². The van der Waals surface area contributed by atoms with E-state index >= 15 is 0 Å². The molecule has 1 spiro atoms. The molecule has 1 saturated heterocycles. The normalized spacial score (nSPS) is 32.0. The molecule has 1 heterocycles. The topological polar surface area (TPSA) is 67.8 Å². The van der Waals surface area contributed by atoms with Gasteiger partial charge in [-0.15, -0.1) is 0 Å². The molecule has 5 atom stereocenters. The molecule has 5 nitrogen and oxygen atoms in total. The maximum Gasteiger partial charge on any atom is 0.220 e. The van der Waals surface area contributed by atoms with Gasteiger partial charge in [0.25, 0.3) is 0 Å². The molecule has 0 radical (unpaired) electrons. The van der Waals surface area contributed by atoms with Crippen LogP contribution < -0.4 is 5.32 Å². The van der Waals surface area contributed by atoms with Gasteiger partial charge >= 0.3 is 0 Å². The fourth-order valence-corrected chi connectivity index (χ4v) is 8.43. The summed E-state index contributed by atoms with van der Waals surface area (Å²) in [5.74, 6) is 2.23. The van der Waals surface area contributed by atoms with Crippen molar-refractivity contribution in [3.8, 4) is 5.75 Å². The number of phenols is 1. The van der Waals surface area contributed by atoms with Gasteiger partial charge in [0.15, 0.2) is 5.79 Å². The summed E-state index contributed by atoms with van der Waals surface area (Å²) in [7, 11) is 0. The smallest absolute Gasteiger partial charge is 0.220 e. The standard InChI is InChI=1S/C31H39NO4/c1-30-15-14-26-25-13-11-24(33)18-22(25)10-12-27(26)29(30)23(19-31(30)35-16-17-36-31)8-5-9-28(34)32-20-21-6-3-2-4-7-21/h2-4,6-7,11,13,18,23,26-27,29,33H,5,8-10,12,14-17,19-20H2,1H3,(H,32,34)/t23-,26+,27+,29-,30-/m0/s1. The van der Waals surface area contributed by atoms with E-state index in [-0.39, 0.29) is 11.3 Å². The molecule has 1 amide bonds. The minimum atomic E-state index is -0.460. The molecule has 36 heavy (non-hydrogen) atoms. The van der Waals surface area contributed by atoms with Gasteiger partial charge in [-0.05, 0) is 91.0 Å². The molecule has 0 aromatic heterocycles. The van der Waals surface area contributed by atoms with Crippen LogP contribution in [0.2, 0.25) is 0 Å². The van der Waals surface area contributed by atoms with Gasteiger partial charge < -0.3 is 19.9 Å². The molecular weight excluding hydrogens is 450 g/mol. The average molecular weight is 490 g/mol. The molecular formula is C31H39NO4. The lowest BCUT2D eigenvalue weighted by molar-refractivity contribution is -0.237. The molecule has 6 rings (SSSR count). The summed E-state index contributed by atoms with van der Waals surface area (Å²) in [6, 6.07) is 16.1. The first-order valence-corrected chi connectivity index (χ1v) is 13.9. The van der Waals surface area contributed by atoms with Crippen LogP contribution in [0, 0.1) is 23.2 Å². The maximum atomic E-state index is 12.6. The van der Waals surface area contributed by atoms with Crippen LogP contribution in [-0.2, 0) is 27.2 Å². The van der Waals surface area contributed by atoms with Gasteiger partial charge in [0.2, 0.25) is 5.91 Å². The molecule has 0 bridgehead atoms. The van der Waals surface area contributed by atoms with Crippen LogP contribution in [0.5, 0.6) is 5.75 Å². The van der Waals surface area contributed by atoms with Crippen molar-refractivity contribution in [3.05, 3.63) is 65.2 Å². The summed E-state index contributed by atoms with van der Waals surface area (Å²) >= 11 is 0. The van der Waals surface area contributed by atoms with E-state index in [1.807, 2.05) is 42.5 Å². The number of rotatable bonds is 6. The fourth-order valence-electron chi connectivity index (χ4n) is 8.43. The number of ether oxygens (including phenoxy) is 2. The van der Waals surface area contributed by atoms with Gasteiger partial charge in [-0.1, -0.05) is 43.3 Å². The third-order valence-electron chi connectivity index (χ3n) is 9.94. The van der Waals surface area contributed by atoms with E-state index in [0.29, 0.717) is 55.6 Å². The molecule has 0 unspecified atom stereocenters. The first-order chi connectivity index (χ1) is 17.5. The summed E-state index contributed by atoms with van der Waals surface area (Å²) in [5.41, 5.74) is 3.92. The molecule has 2 N–H and O–H groups in total. The average Bonchev–Trinajstić information content (AvgIpc) is 3.46. The van der Waals surface area contributed by atoms with E-state index < -0.39 is 5.79 Å². The molecule has 192 valence electrons. The zero-order valence-electron chi connectivity index (χ0n) is 21.4. The molecule has 3 fully saturated rings. The van der Waals surface area contributed by atoms with E-state index in [1.165, 1.54) is 11.1 Å². The van der Waals surface area contributed by atoms with Crippen molar-refractivity contribution in [1.29, 1.82) is 0 Å². The summed E-state index contributed by atoms with van der Waals surface area (Å²) in [6.45, 7) is 4.39. The predicted molar refractivity (Wildman–Crippen MR) is 138 cm³/mol. The van der Waals surface area contributed by atoms with Crippen molar-refractivity contribution < 1.29 is 19.4 Å². The monoisotopic (exact) mass is 489 g/mol. The number of nitrogens with one attached hydrogen (secondary N) is 1. The van der Waals surface area contributed by atoms with E-state index in [2.05, 4.69) is 18.3 Å². The summed E-state index contributed by atoms with van der Waals surface area (Å²) in [5, 5.41) is 13.1. The second-order valence-electron chi connectivity index (χ2n) is 11.7. The lowest BCUT2D eigenvalue weighted by Gasteiger charge is -2.53. The van der Waals surface area contributed by atoms with Crippen molar-refractivity contribution >= 4 is 5.91 Å². The molecule has 2 aromatic rings. The Morgan fingerprint density at radius 3 is 2.72 bits per heavy atom. The number of aromatic hydroxyl groups is 1. The number of aryl methyl sites for hydroxylation is 1. The van der Waals surface area contributed by atoms with Gasteiger partial charge in [0.1, 0.15) is 5.75 Å². The zero-order valence-corrected chi connectivity index (χ0v) is 21.4. The van der Waals surface area contributed by atoms with Crippen LogP contribution in [0.3, 0.4) is 0 Å². The Kier molecular flexibility index (Phi) is 6.33. The van der Waals surface area contributed by atoms with Crippen molar-refractivity contribution in [2.24, 2.45) is 23.2 Å². The highest BCUT2D eigenvalue weighted by Gasteiger charge is 2.68. The van der Waals surface area contributed by atoms with E-state index in [9.17, 15) is 9.90 Å². The largest absolute Gasteiger partial charge is 0.508 e. The highest BCUT2D eigenvalue weighted by atomic mass is 16.7. The fraction of sp³-hybridized carbons (Fsp3) is 0.581. The third-order valence-corrected chi connectivity index (χ3v) is 9.94. The zero-order chi connectivity index (χ0) is 24.8. The number of fused-ring (bicyclic) bond motifs is 6. The number of carbonyl (C=O) groups excluding carboxylic acids is 1. The third kappa shape index (κ3) is 4.05. The van der Waals surface area contributed by atoms with Crippen LogP contribution in [0.4, 0.5) is 0 Å². The minimum Gasteiger partial charge on any atom is -0.508 e. The Morgan fingerprint density at radius 2 is 1.92 bits per heavy atom. The number of phenolic OH excluding ortho intramolecular Hbond substituents is 1. The summed E-state index contributed by atoms with van der Waals surface area (Å²) in [6.07, 6.45) is 7.90. The molecule has 5 heteroatoms. The van der Waals surface area contributed by atoms with Crippen molar-refractivity contribution in [1.82, 2.24) is 5.32 Å². The van der Waals surface area contributed by atoms with E-state index in [4.69, 9.17) is 9.47 Å². The number of hydrogen-bond donors (Lipinski definition) is 2. The Hall–Kier alpha value is -2.37. The van der Waals surface area contributed by atoms with Crippen molar-refractivity contribution in [2.75, 3.05) is 13.2 Å². The number of benzene rings is 2. The maximum absolute atomic E-state index is 12.6. The molecule has 3 aliphatic carbocycles. The number of carbonyl (C=O) groups is 1. The molecule has 2 saturated carbocycles. The Labute approximate surface area is 214 Å². The SMILES string of the molecule is C[C@]12CC[C@@H]3c4ccc(O)cc4CC[C@H]3[C@@H]1[C@@H](CCCC(=O)NCc1ccccc1)CC21OCCO1. The predicted octanol–water partition coefficient (Wildman–Crippen LogP) is 5.70. The quantitative estimate of drug-likeness (QED) is 0.546. The number of hydrogen-bond acceptors (Lipinski definition) is 4. The lowest BCUT2D eigenvalue weighted by atomic mass is 9.53.